The van der Waals surface area contributed by atoms with Crippen LogP contribution in [0.25, 0.3) is 0 Å². The van der Waals surface area contributed by atoms with E-state index in [1.165, 1.54) is 0 Å². The molecule has 0 bridgehead atoms. The van der Waals surface area contributed by atoms with Gasteiger partial charge in [0.05, 0.1) is 0 Å². The van der Waals surface area contributed by atoms with Gasteiger partial charge >= 0.3 is 0 Å². The average molecular weight is 358 g/mol. The summed E-state index contributed by atoms with van der Waals surface area (Å²) in [6.07, 6.45) is 2.12. The van der Waals surface area contributed by atoms with Gasteiger partial charge in [0, 0.05) is 55.8 Å². The van der Waals surface area contributed by atoms with E-state index in [0.717, 1.165) is 18.2 Å². The van der Waals surface area contributed by atoms with Gasteiger partial charge in [0.25, 0.3) is 5.91 Å². The first-order valence-corrected chi connectivity index (χ1v) is 9.29. The molecule has 1 atom stereocenters. The molecule has 3 rings (SSSR count). The number of nitrogens with one attached hydrogen (secondary N) is 1. The maximum absolute atomic E-state index is 12.5. The van der Waals surface area contributed by atoms with Crippen molar-refractivity contribution in [2.75, 3.05) is 31.1 Å². The molecule has 0 spiro atoms. The molecule has 7 heteroatoms. The minimum absolute atomic E-state index is 0.0830. The molecule has 1 aliphatic heterocycles. The number of piperazine rings is 1. The van der Waals surface area contributed by atoms with Crippen molar-refractivity contribution in [1.29, 1.82) is 0 Å². The molecule has 2 aromatic rings. The summed E-state index contributed by atoms with van der Waals surface area (Å²) < 4.78 is 0. The zero-order chi connectivity index (χ0) is 17.6. The Hall–Kier alpha value is -2.41. The predicted molar refractivity (Wildman–Crippen MR) is 98.9 cm³/mol. The Bertz CT molecular complexity index is 697. The quantitative estimate of drug-likeness (QED) is 0.888. The second kappa shape index (κ2) is 8.11. The SMILES string of the molecule is CC(CC(=O)N1CCN(c2nccs2)CC1)NC(=O)c1ccccc1. The van der Waals surface area contributed by atoms with Crippen molar-refractivity contribution < 1.29 is 9.59 Å². The number of benzene rings is 1. The molecule has 1 aromatic heterocycles. The standard InChI is InChI=1S/C18H22N4O2S/c1-14(20-17(24)15-5-3-2-4-6-15)13-16(23)21-8-10-22(11-9-21)18-19-7-12-25-18/h2-7,12,14H,8-11,13H2,1H3,(H,20,24). The van der Waals surface area contributed by atoms with E-state index in [0.29, 0.717) is 25.1 Å². The average Bonchev–Trinajstić information content (AvgIpc) is 3.17. The van der Waals surface area contributed by atoms with Crippen LogP contribution in [0.15, 0.2) is 41.9 Å². The summed E-state index contributed by atoms with van der Waals surface area (Å²) in [5.74, 6) is -0.0610. The van der Waals surface area contributed by atoms with Crippen molar-refractivity contribution in [2.24, 2.45) is 0 Å². The summed E-state index contributed by atoms with van der Waals surface area (Å²) in [4.78, 5) is 33.0. The van der Waals surface area contributed by atoms with Gasteiger partial charge in [-0.2, -0.15) is 0 Å². The van der Waals surface area contributed by atoms with Crippen LogP contribution in [0.4, 0.5) is 5.13 Å². The van der Waals surface area contributed by atoms with Crippen LogP contribution in [0.3, 0.4) is 0 Å². The number of hydrogen-bond donors (Lipinski definition) is 1. The van der Waals surface area contributed by atoms with Crippen molar-refractivity contribution in [1.82, 2.24) is 15.2 Å². The number of hydrogen-bond acceptors (Lipinski definition) is 5. The van der Waals surface area contributed by atoms with Crippen LogP contribution in [-0.2, 0) is 4.79 Å². The van der Waals surface area contributed by atoms with E-state index >= 15 is 0 Å². The predicted octanol–water partition coefficient (Wildman–Crippen LogP) is 2.00. The van der Waals surface area contributed by atoms with Crippen molar-refractivity contribution in [3.8, 4) is 0 Å². The minimum Gasteiger partial charge on any atom is -0.349 e. The lowest BCUT2D eigenvalue weighted by atomic mass is 10.1. The van der Waals surface area contributed by atoms with Crippen LogP contribution in [0.5, 0.6) is 0 Å². The third kappa shape index (κ3) is 4.57. The van der Waals surface area contributed by atoms with Gasteiger partial charge in [0.1, 0.15) is 0 Å². The van der Waals surface area contributed by atoms with E-state index in [4.69, 9.17) is 0 Å². The highest BCUT2D eigenvalue weighted by Gasteiger charge is 2.23. The van der Waals surface area contributed by atoms with E-state index in [2.05, 4.69) is 15.2 Å². The largest absolute Gasteiger partial charge is 0.349 e. The number of carbonyl (C=O) groups is 2. The molecule has 1 saturated heterocycles. The van der Waals surface area contributed by atoms with Gasteiger partial charge in [-0.15, -0.1) is 11.3 Å². The lowest BCUT2D eigenvalue weighted by molar-refractivity contribution is -0.131. The molecule has 1 unspecified atom stereocenters. The normalized spacial score (nSPS) is 15.7. The summed E-state index contributed by atoms with van der Waals surface area (Å²) in [6.45, 7) is 4.84. The van der Waals surface area contributed by atoms with Crippen molar-refractivity contribution in [3.63, 3.8) is 0 Å². The number of anilines is 1. The second-order valence-corrected chi connectivity index (χ2v) is 7.00. The molecule has 1 fully saturated rings. The van der Waals surface area contributed by atoms with E-state index in [1.807, 2.05) is 35.4 Å². The molecule has 25 heavy (non-hydrogen) atoms. The van der Waals surface area contributed by atoms with Crippen molar-refractivity contribution in [3.05, 3.63) is 47.5 Å². The first kappa shape index (κ1) is 17.4. The first-order chi connectivity index (χ1) is 12.1. The Morgan fingerprint density at radius 2 is 1.92 bits per heavy atom. The lowest BCUT2D eigenvalue weighted by Crippen LogP contribution is -2.50. The van der Waals surface area contributed by atoms with Crippen LogP contribution in [0.1, 0.15) is 23.7 Å². The molecule has 1 N–H and O–H groups in total. The number of aromatic nitrogens is 1. The topological polar surface area (TPSA) is 65.5 Å². The van der Waals surface area contributed by atoms with Crippen LogP contribution >= 0.6 is 11.3 Å². The van der Waals surface area contributed by atoms with Gasteiger partial charge in [-0.25, -0.2) is 4.98 Å². The zero-order valence-corrected chi connectivity index (χ0v) is 15.0. The molecular formula is C18H22N4O2S. The maximum atomic E-state index is 12.5. The fourth-order valence-electron chi connectivity index (χ4n) is 2.86. The molecule has 1 aliphatic rings. The van der Waals surface area contributed by atoms with Crippen LogP contribution in [-0.4, -0.2) is 53.9 Å². The van der Waals surface area contributed by atoms with Gasteiger partial charge in [-0.3, -0.25) is 9.59 Å². The van der Waals surface area contributed by atoms with E-state index in [9.17, 15) is 9.59 Å². The highest BCUT2D eigenvalue weighted by atomic mass is 32.1. The highest BCUT2D eigenvalue weighted by molar-refractivity contribution is 7.13. The number of carbonyl (C=O) groups excluding carboxylic acids is 2. The van der Waals surface area contributed by atoms with Crippen LogP contribution < -0.4 is 10.2 Å². The summed E-state index contributed by atoms with van der Waals surface area (Å²) in [6, 6.07) is 8.86. The number of nitrogens with zero attached hydrogens (tertiary/aromatic N) is 3. The van der Waals surface area contributed by atoms with Crippen LogP contribution in [0.2, 0.25) is 0 Å². The molecule has 2 heterocycles. The number of rotatable bonds is 5. The summed E-state index contributed by atoms with van der Waals surface area (Å²) >= 11 is 1.62. The molecule has 2 amide bonds. The Morgan fingerprint density at radius 1 is 1.20 bits per heavy atom. The summed E-state index contributed by atoms with van der Waals surface area (Å²) in [5, 5.41) is 5.86. The fourth-order valence-corrected chi connectivity index (χ4v) is 3.55. The lowest BCUT2D eigenvalue weighted by Gasteiger charge is -2.35. The van der Waals surface area contributed by atoms with E-state index in [1.54, 1.807) is 29.7 Å². The molecule has 0 saturated carbocycles. The monoisotopic (exact) mass is 358 g/mol. The van der Waals surface area contributed by atoms with Gasteiger partial charge in [0.2, 0.25) is 5.91 Å². The Morgan fingerprint density at radius 3 is 2.56 bits per heavy atom. The van der Waals surface area contributed by atoms with Gasteiger partial charge < -0.3 is 15.1 Å². The molecule has 132 valence electrons. The zero-order valence-electron chi connectivity index (χ0n) is 14.2. The number of thiazole rings is 1. The molecule has 1 aromatic carbocycles. The smallest absolute Gasteiger partial charge is 0.251 e. The van der Waals surface area contributed by atoms with Crippen molar-refractivity contribution in [2.45, 2.75) is 19.4 Å². The highest BCUT2D eigenvalue weighted by Crippen LogP contribution is 2.19. The van der Waals surface area contributed by atoms with Gasteiger partial charge in [0.15, 0.2) is 5.13 Å². The third-order valence-electron chi connectivity index (χ3n) is 4.22. The molecule has 0 radical (unpaired) electrons. The minimum atomic E-state index is -0.197. The Balaban J connectivity index is 1.45. The summed E-state index contributed by atoms with van der Waals surface area (Å²) in [7, 11) is 0. The summed E-state index contributed by atoms with van der Waals surface area (Å²) in [5.41, 5.74) is 0.610. The van der Waals surface area contributed by atoms with Gasteiger partial charge in [-0.05, 0) is 19.1 Å². The maximum Gasteiger partial charge on any atom is 0.251 e. The first-order valence-electron chi connectivity index (χ1n) is 8.41. The van der Waals surface area contributed by atoms with E-state index < -0.39 is 0 Å². The van der Waals surface area contributed by atoms with Gasteiger partial charge in [-0.1, -0.05) is 18.2 Å². The third-order valence-corrected chi connectivity index (χ3v) is 5.05. The molecular weight excluding hydrogens is 336 g/mol. The Kier molecular flexibility index (Phi) is 5.65. The number of amides is 2. The molecule has 6 nitrogen and oxygen atoms in total. The van der Waals surface area contributed by atoms with Crippen LogP contribution in [0, 0.1) is 0 Å². The molecule has 0 aliphatic carbocycles. The second-order valence-electron chi connectivity index (χ2n) is 6.13. The fraction of sp³-hybridized carbons (Fsp3) is 0.389. The van der Waals surface area contributed by atoms with Crippen molar-refractivity contribution >= 4 is 28.3 Å². The Labute approximate surface area is 151 Å². The van der Waals surface area contributed by atoms with E-state index in [-0.39, 0.29) is 17.9 Å².